The van der Waals surface area contributed by atoms with E-state index in [1.165, 1.54) is 36.1 Å². The molecule has 1 aliphatic rings. The zero-order chi connectivity index (χ0) is 20.4. The number of anilines is 1. The van der Waals surface area contributed by atoms with Gasteiger partial charge in [-0.25, -0.2) is 0 Å². The van der Waals surface area contributed by atoms with Crippen LogP contribution in [0.25, 0.3) is 0 Å². The van der Waals surface area contributed by atoms with E-state index in [2.05, 4.69) is 5.32 Å². The predicted octanol–water partition coefficient (Wildman–Crippen LogP) is 4.45. The number of rotatable bonds is 4. The van der Waals surface area contributed by atoms with Gasteiger partial charge in [0, 0.05) is 28.8 Å². The number of hydrogen-bond donors (Lipinski definition) is 1. The van der Waals surface area contributed by atoms with Crippen molar-refractivity contribution in [2.75, 3.05) is 11.9 Å². The molecule has 0 aromatic heterocycles. The van der Waals surface area contributed by atoms with Crippen LogP contribution in [0.5, 0.6) is 0 Å². The molecule has 1 saturated heterocycles. The number of nitrogens with zero attached hydrogens (tertiary/aromatic N) is 2. The van der Waals surface area contributed by atoms with Gasteiger partial charge in [0.05, 0.1) is 15.6 Å². The van der Waals surface area contributed by atoms with Crippen LogP contribution in [-0.4, -0.2) is 34.2 Å². The topological polar surface area (TPSA) is 92.6 Å². The Balaban J connectivity index is 1.82. The number of nitro benzene ring substituents is 1. The largest absolute Gasteiger partial charge is 0.327 e. The fraction of sp³-hybridized carbons (Fsp3) is 0.263. The van der Waals surface area contributed by atoms with Crippen LogP contribution < -0.4 is 5.32 Å². The monoisotopic (exact) mass is 421 g/mol. The lowest BCUT2D eigenvalue weighted by Crippen LogP contribution is -2.43. The summed E-state index contributed by atoms with van der Waals surface area (Å²) in [5.41, 5.74) is 0.781. The van der Waals surface area contributed by atoms with Gasteiger partial charge in [0.25, 0.3) is 11.6 Å². The highest BCUT2D eigenvalue weighted by atomic mass is 35.5. The molecule has 0 saturated carbocycles. The first-order valence-corrected chi connectivity index (χ1v) is 9.36. The second kappa shape index (κ2) is 8.16. The minimum absolute atomic E-state index is 0.126. The highest BCUT2D eigenvalue weighted by Gasteiger charge is 2.36. The van der Waals surface area contributed by atoms with Gasteiger partial charge in [-0.15, -0.1) is 0 Å². The van der Waals surface area contributed by atoms with E-state index < -0.39 is 16.9 Å². The molecular formula is C19H17Cl2N3O4. The molecule has 1 atom stereocenters. The Morgan fingerprint density at radius 2 is 2.00 bits per heavy atom. The minimum Gasteiger partial charge on any atom is -0.327 e. The van der Waals surface area contributed by atoms with Gasteiger partial charge in [-0.2, -0.15) is 0 Å². The highest BCUT2D eigenvalue weighted by molar-refractivity contribution is 6.36. The minimum atomic E-state index is -0.682. The van der Waals surface area contributed by atoms with Gasteiger partial charge in [0.15, 0.2) is 0 Å². The molecule has 0 aliphatic carbocycles. The molecule has 2 aromatic carbocycles. The van der Waals surface area contributed by atoms with Gasteiger partial charge in [-0.1, -0.05) is 29.3 Å². The van der Waals surface area contributed by atoms with Crippen molar-refractivity contribution in [1.82, 2.24) is 4.90 Å². The van der Waals surface area contributed by atoms with Gasteiger partial charge in [-0.3, -0.25) is 19.7 Å². The normalized spacial score (nSPS) is 16.1. The average molecular weight is 422 g/mol. The number of amides is 2. The molecule has 1 heterocycles. The van der Waals surface area contributed by atoms with E-state index in [1.54, 1.807) is 12.1 Å². The zero-order valence-electron chi connectivity index (χ0n) is 14.9. The molecule has 2 aromatic rings. The van der Waals surface area contributed by atoms with Crippen LogP contribution in [0.15, 0.2) is 36.4 Å². The van der Waals surface area contributed by atoms with Crippen molar-refractivity contribution >= 4 is 46.4 Å². The van der Waals surface area contributed by atoms with E-state index >= 15 is 0 Å². The average Bonchev–Trinajstić information content (AvgIpc) is 3.13. The Kier molecular flexibility index (Phi) is 5.86. The number of halogens is 2. The maximum absolute atomic E-state index is 13.0. The van der Waals surface area contributed by atoms with Crippen LogP contribution in [0.1, 0.15) is 28.8 Å². The van der Waals surface area contributed by atoms with E-state index in [-0.39, 0.29) is 22.7 Å². The van der Waals surface area contributed by atoms with E-state index in [0.717, 1.165) is 0 Å². The van der Waals surface area contributed by atoms with Crippen molar-refractivity contribution in [3.8, 4) is 0 Å². The molecule has 0 bridgehead atoms. The number of benzene rings is 2. The molecule has 7 nitrogen and oxygen atoms in total. The van der Waals surface area contributed by atoms with Gasteiger partial charge in [-0.05, 0) is 44.0 Å². The van der Waals surface area contributed by atoms with Gasteiger partial charge < -0.3 is 10.2 Å². The van der Waals surface area contributed by atoms with Crippen molar-refractivity contribution in [3.63, 3.8) is 0 Å². The smallest absolute Gasteiger partial charge is 0.273 e. The molecule has 2 amide bonds. The quantitative estimate of drug-likeness (QED) is 0.582. The Bertz CT molecular complexity index is 964. The Morgan fingerprint density at radius 3 is 2.68 bits per heavy atom. The molecule has 1 aliphatic heterocycles. The molecule has 146 valence electrons. The first-order chi connectivity index (χ1) is 13.3. The van der Waals surface area contributed by atoms with E-state index in [1.807, 2.05) is 0 Å². The van der Waals surface area contributed by atoms with E-state index in [0.29, 0.717) is 35.1 Å². The first-order valence-electron chi connectivity index (χ1n) is 8.60. The molecule has 9 heteroatoms. The summed E-state index contributed by atoms with van der Waals surface area (Å²) in [4.78, 5) is 37.8. The number of nitro groups is 1. The van der Waals surface area contributed by atoms with Crippen molar-refractivity contribution in [1.29, 1.82) is 0 Å². The SMILES string of the molecule is Cc1c(C(=O)N2CCCC2C(=O)Nc2ccc(Cl)cc2Cl)cccc1[N+](=O)[O-]. The second-order valence-electron chi connectivity index (χ2n) is 6.48. The van der Waals surface area contributed by atoms with E-state index in [9.17, 15) is 19.7 Å². The zero-order valence-corrected chi connectivity index (χ0v) is 16.5. The van der Waals surface area contributed by atoms with Crippen molar-refractivity contribution in [3.05, 3.63) is 67.7 Å². The number of hydrogen-bond acceptors (Lipinski definition) is 4. The number of carbonyl (C=O) groups is 2. The van der Waals surface area contributed by atoms with Crippen molar-refractivity contribution in [2.24, 2.45) is 0 Å². The van der Waals surface area contributed by atoms with Crippen LogP contribution in [0.2, 0.25) is 10.0 Å². The maximum Gasteiger partial charge on any atom is 0.273 e. The maximum atomic E-state index is 13.0. The summed E-state index contributed by atoms with van der Waals surface area (Å²) in [6.07, 6.45) is 1.16. The predicted molar refractivity (Wildman–Crippen MR) is 107 cm³/mol. The van der Waals surface area contributed by atoms with Gasteiger partial charge in [0.2, 0.25) is 5.91 Å². The third-order valence-corrected chi connectivity index (χ3v) is 5.29. The van der Waals surface area contributed by atoms with Gasteiger partial charge in [0.1, 0.15) is 6.04 Å². The molecular weight excluding hydrogens is 405 g/mol. The standard InChI is InChI=1S/C19H17Cl2N3O4/c1-11-13(4-2-5-16(11)24(27)28)19(26)23-9-3-6-17(23)18(25)22-15-8-7-12(20)10-14(15)21/h2,4-5,7-8,10,17H,3,6,9H2,1H3,(H,22,25). The summed E-state index contributed by atoms with van der Waals surface area (Å²) in [7, 11) is 0. The lowest BCUT2D eigenvalue weighted by atomic mass is 10.0. The number of nitrogens with one attached hydrogen (secondary N) is 1. The molecule has 28 heavy (non-hydrogen) atoms. The Hall–Kier alpha value is -2.64. The summed E-state index contributed by atoms with van der Waals surface area (Å²) < 4.78 is 0. The summed E-state index contributed by atoms with van der Waals surface area (Å²) in [6, 6.07) is 8.39. The lowest BCUT2D eigenvalue weighted by Gasteiger charge is -2.25. The van der Waals surface area contributed by atoms with Crippen LogP contribution in [-0.2, 0) is 4.79 Å². The van der Waals surface area contributed by atoms with E-state index in [4.69, 9.17) is 23.2 Å². The molecule has 0 radical (unpaired) electrons. The van der Waals surface area contributed by atoms with Crippen LogP contribution >= 0.6 is 23.2 Å². The second-order valence-corrected chi connectivity index (χ2v) is 7.32. The highest BCUT2D eigenvalue weighted by Crippen LogP contribution is 2.29. The third kappa shape index (κ3) is 3.95. The van der Waals surface area contributed by atoms with Crippen LogP contribution in [0.4, 0.5) is 11.4 Å². The van der Waals surface area contributed by atoms with Gasteiger partial charge >= 0.3 is 0 Å². The van der Waals surface area contributed by atoms with Crippen LogP contribution in [0.3, 0.4) is 0 Å². The molecule has 1 unspecified atom stereocenters. The Morgan fingerprint density at radius 1 is 1.25 bits per heavy atom. The first kappa shape index (κ1) is 20.1. The fourth-order valence-corrected chi connectivity index (χ4v) is 3.75. The summed E-state index contributed by atoms with van der Waals surface area (Å²) in [5, 5.41) is 14.6. The molecule has 1 N–H and O–H groups in total. The lowest BCUT2D eigenvalue weighted by molar-refractivity contribution is -0.385. The number of carbonyl (C=O) groups excluding carboxylic acids is 2. The summed E-state index contributed by atoms with van der Waals surface area (Å²) in [6.45, 7) is 1.93. The third-order valence-electron chi connectivity index (χ3n) is 4.74. The van der Waals surface area contributed by atoms with Crippen molar-refractivity contribution < 1.29 is 14.5 Å². The summed E-state index contributed by atoms with van der Waals surface area (Å²) >= 11 is 12.0. The fourth-order valence-electron chi connectivity index (χ4n) is 3.30. The van der Waals surface area contributed by atoms with Crippen molar-refractivity contribution in [2.45, 2.75) is 25.8 Å². The Labute approximate surface area is 171 Å². The molecule has 0 spiro atoms. The molecule has 1 fully saturated rings. The number of likely N-dealkylation sites (tertiary alicyclic amines) is 1. The summed E-state index contributed by atoms with van der Waals surface area (Å²) in [5.74, 6) is -0.765. The molecule has 3 rings (SSSR count). The van der Waals surface area contributed by atoms with Crippen LogP contribution in [0, 0.1) is 17.0 Å².